The van der Waals surface area contributed by atoms with Crippen LogP contribution in [0.1, 0.15) is 11.1 Å². The van der Waals surface area contributed by atoms with Crippen LogP contribution in [0.5, 0.6) is 0 Å². The molecule has 0 saturated heterocycles. The molecular weight excluding hydrogens is 402 g/mol. The molecule has 0 aliphatic rings. The second kappa shape index (κ2) is 7.59. The summed E-state index contributed by atoms with van der Waals surface area (Å²) in [7, 11) is -2.61. The van der Waals surface area contributed by atoms with Crippen LogP contribution < -0.4 is 5.32 Å². The first-order valence-electron chi connectivity index (χ1n) is 8.12. The fraction of sp³-hybridized carbons (Fsp3) is 0.167. The van der Waals surface area contributed by atoms with Crippen molar-refractivity contribution in [2.24, 2.45) is 0 Å². The molecule has 3 rings (SSSR count). The predicted molar refractivity (Wildman–Crippen MR) is 105 cm³/mol. The van der Waals surface area contributed by atoms with E-state index in [2.05, 4.69) is 15.5 Å². The monoisotopic (exact) mass is 417 g/mol. The third-order valence-corrected chi connectivity index (χ3v) is 6.23. The first kappa shape index (κ1) is 19.8. The van der Waals surface area contributed by atoms with Gasteiger partial charge in [0.05, 0.1) is 28.8 Å². The Bertz CT molecular complexity index is 1210. The number of aryl methyl sites for hydroxylation is 1. The standard InChI is InChI=1S/C18H16ClN5O3S/c1-11-5-13-9-21-23-18(13)16(6-11)28(26,27)24(2)10-17(25)22-14-4-3-12(8-20)15(19)7-14/h3-7,9H,10H2,1-2H3,(H,21,23)(H,22,25). The number of sulfonamides is 1. The molecule has 1 aromatic heterocycles. The van der Waals surface area contributed by atoms with E-state index in [1.54, 1.807) is 13.1 Å². The number of amides is 1. The molecule has 0 bridgehead atoms. The lowest BCUT2D eigenvalue weighted by atomic mass is 10.2. The molecular formula is C18H16ClN5O3S. The van der Waals surface area contributed by atoms with E-state index in [-0.39, 0.29) is 15.5 Å². The van der Waals surface area contributed by atoms with Gasteiger partial charge >= 0.3 is 0 Å². The molecule has 10 heteroatoms. The van der Waals surface area contributed by atoms with E-state index in [1.807, 2.05) is 12.1 Å². The minimum Gasteiger partial charge on any atom is -0.325 e. The topological polar surface area (TPSA) is 119 Å². The minimum absolute atomic E-state index is 0.0525. The number of nitrogens with one attached hydrogen (secondary N) is 2. The highest BCUT2D eigenvalue weighted by atomic mass is 35.5. The number of likely N-dealkylation sites (N-methyl/N-ethyl adjacent to an activating group) is 1. The van der Waals surface area contributed by atoms with Crippen molar-refractivity contribution in [1.29, 1.82) is 5.26 Å². The van der Waals surface area contributed by atoms with Gasteiger partial charge in [-0.15, -0.1) is 0 Å². The van der Waals surface area contributed by atoms with Gasteiger partial charge in [0.2, 0.25) is 15.9 Å². The van der Waals surface area contributed by atoms with Gasteiger partial charge in [0.15, 0.2) is 0 Å². The van der Waals surface area contributed by atoms with Crippen LogP contribution >= 0.6 is 11.6 Å². The molecule has 1 heterocycles. The van der Waals surface area contributed by atoms with Crippen molar-refractivity contribution >= 4 is 44.1 Å². The molecule has 0 unspecified atom stereocenters. The number of halogens is 1. The SMILES string of the molecule is Cc1cc(S(=O)(=O)N(C)CC(=O)Nc2ccc(C#N)c(Cl)c2)c2[nH]ncc2c1. The molecule has 1 amide bonds. The number of nitrogens with zero attached hydrogens (tertiary/aromatic N) is 3. The zero-order valence-electron chi connectivity index (χ0n) is 15.0. The Hall–Kier alpha value is -2.93. The summed E-state index contributed by atoms with van der Waals surface area (Å²) < 4.78 is 26.9. The number of carbonyl (C=O) groups is 1. The molecule has 2 aromatic carbocycles. The van der Waals surface area contributed by atoms with E-state index in [0.29, 0.717) is 16.6 Å². The normalized spacial score (nSPS) is 11.5. The van der Waals surface area contributed by atoms with Gasteiger partial charge in [-0.25, -0.2) is 8.42 Å². The van der Waals surface area contributed by atoms with Gasteiger partial charge < -0.3 is 5.32 Å². The first-order chi connectivity index (χ1) is 13.2. The second-order valence-electron chi connectivity index (χ2n) is 6.21. The average Bonchev–Trinajstić information content (AvgIpc) is 3.09. The summed E-state index contributed by atoms with van der Waals surface area (Å²) in [6, 6.07) is 9.70. The number of hydrogen-bond donors (Lipinski definition) is 2. The molecule has 0 aliphatic carbocycles. The maximum atomic E-state index is 13.0. The van der Waals surface area contributed by atoms with Gasteiger partial charge in [-0.1, -0.05) is 11.6 Å². The molecule has 2 N–H and O–H groups in total. The van der Waals surface area contributed by atoms with Gasteiger partial charge in [-0.3, -0.25) is 9.89 Å². The maximum Gasteiger partial charge on any atom is 0.245 e. The molecule has 0 radical (unpaired) electrons. The van der Waals surface area contributed by atoms with Gasteiger partial charge in [0.25, 0.3) is 0 Å². The van der Waals surface area contributed by atoms with E-state index in [1.165, 1.54) is 31.3 Å². The summed E-state index contributed by atoms with van der Waals surface area (Å²) in [5.41, 5.74) is 1.79. The molecule has 0 aliphatic heterocycles. The Morgan fingerprint density at radius 3 is 2.79 bits per heavy atom. The van der Waals surface area contributed by atoms with Crippen LogP contribution in [0.25, 0.3) is 10.9 Å². The molecule has 3 aromatic rings. The lowest BCUT2D eigenvalue weighted by molar-refractivity contribution is -0.116. The molecule has 0 atom stereocenters. The number of nitriles is 1. The van der Waals surface area contributed by atoms with Gasteiger partial charge in [-0.2, -0.15) is 14.7 Å². The Kier molecular flexibility index (Phi) is 5.38. The lowest BCUT2D eigenvalue weighted by Crippen LogP contribution is -2.35. The van der Waals surface area contributed by atoms with Crippen LogP contribution in [0.15, 0.2) is 41.4 Å². The summed E-state index contributed by atoms with van der Waals surface area (Å²) in [6.45, 7) is 1.39. The molecule has 0 fully saturated rings. The Labute approximate surface area is 166 Å². The van der Waals surface area contributed by atoms with Crippen LogP contribution in [0, 0.1) is 18.3 Å². The van der Waals surface area contributed by atoms with E-state index >= 15 is 0 Å². The smallest absolute Gasteiger partial charge is 0.245 e. The second-order valence-corrected chi connectivity index (χ2v) is 8.63. The highest BCUT2D eigenvalue weighted by Gasteiger charge is 2.26. The molecule has 8 nitrogen and oxygen atoms in total. The maximum absolute atomic E-state index is 13.0. The minimum atomic E-state index is -3.93. The highest BCUT2D eigenvalue weighted by molar-refractivity contribution is 7.89. The number of carbonyl (C=O) groups excluding carboxylic acids is 1. The number of aromatic nitrogens is 2. The van der Waals surface area contributed by atoms with Gasteiger partial charge in [-0.05, 0) is 42.8 Å². The number of anilines is 1. The Balaban J connectivity index is 1.80. The van der Waals surface area contributed by atoms with Crippen molar-refractivity contribution in [3.05, 3.63) is 52.7 Å². The van der Waals surface area contributed by atoms with E-state index in [4.69, 9.17) is 16.9 Å². The van der Waals surface area contributed by atoms with E-state index in [9.17, 15) is 13.2 Å². The average molecular weight is 418 g/mol. The third-order valence-electron chi connectivity index (χ3n) is 4.08. The summed E-state index contributed by atoms with van der Waals surface area (Å²) in [5, 5.41) is 18.9. The van der Waals surface area contributed by atoms with Crippen LogP contribution in [-0.4, -0.2) is 42.4 Å². The van der Waals surface area contributed by atoms with Gasteiger partial charge in [0, 0.05) is 18.1 Å². The predicted octanol–water partition coefficient (Wildman–Crippen LogP) is 2.66. The largest absolute Gasteiger partial charge is 0.325 e. The summed E-state index contributed by atoms with van der Waals surface area (Å²) >= 11 is 5.94. The van der Waals surface area contributed by atoms with Crippen LogP contribution in [-0.2, 0) is 14.8 Å². The van der Waals surface area contributed by atoms with E-state index in [0.717, 1.165) is 9.87 Å². The Morgan fingerprint density at radius 2 is 2.11 bits per heavy atom. The third kappa shape index (κ3) is 3.84. The lowest BCUT2D eigenvalue weighted by Gasteiger charge is -2.18. The molecule has 28 heavy (non-hydrogen) atoms. The fourth-order valence-corrected chi connectivity index (χ4v) is 4.31. The summed E-state index contributed by atoms with van der Waals surface area (Å²) in [5.74, 6) is -0.541. The number of fused-ring (bicyclic) bond motifs is 1. The number of aromatic amines is 1. The summed E-state index contributed by atoms with van der Waals surface area (Å²) in [4.78, 5) is 12.4. The molecule has 0 spiro atoms. The summed E-state index contributed by atoms with van der Waals surface area (Å²) in [6.07, 6.45) is 1.54. The van der Waals surface area contributed by atoms with Crippen LogP contribution in [0.2, 0.25) is 5.02 Å². The van der Waals surface area contributed by atoms with Crippen molar-refractivity contribution in [3.63, 3.8) is 0 Å². The number of hydrogen-bond acceptors (Lipinski definition) is 5. The number of H-pyrrole nitrogens is 1. The molecule has 144 valence electrons. The quantitative estimate of drug-likeness (QED) is 0.661. The highest BCUT2D eigenvalue weighted by Crippen LogP contribution is 2.25. The van der Waals surface area contributed by atoms with Crippen molar-refractivity contribution < 1.29 is 13.2 Å². The van der Waals surface area contributed by atoms with Crippen LogP contribution in [0.4, 0.5) is 5.69 Å². The number of rotatable bonds is 5. The Morgan fingerprint density at radius 1 is 1.36 bits per heavy atom. The van der Waals surface area contributed by atoms with Crippen molar-refractivity contribution in [2.75, 3.05) is 18.9 Å². The van der Waals surface area contributed by atoms with Crippen LogP contribution in [0.3, 0.4) is 0 Å². The van der Waals surface area contributed by atoms with Crippen molar-refractivity contribution in [1.82, 2.24) is 14.5 Å². The van der Waals surface area contributed by atoms with Crippen molar-refractivity contribution in [2.45, 2.75) is 11.8 Å². The van der Waals surface area contributed by atoms with Gasteiger partial charge in [0.1, 0.15) is 11.0 Å². The van der Waals surface area contributed by atoms with E-state index < -0.39 is 22.5 Å². The fourth-order valence-electron chi connectivity index (χ4n) is 2.71. The first-order valence-corrected chi connectivity index (χ1v) is 9.93. The molecule has 0 saturated carbocycles. The number of benzene rings is 2. The zero-order valence-corrected chi connectivity index (χ0v) is 16.6. The van der Waals surface area contributed by atoms with Crippen molar-refractivity contribution in [3.8, 4) is 6.07 Å². The zero-order chi connectivity index (χ0) is 20.5.